The molecule has 0 spiro atoms. The molecule has 11 heteroatoms. The Kier molecular flexibility index (Phi) is 9.14. The number of carboxylic acids is 2. The van der Waals surface area contributed by atoms with Crippen LogP contribution in [0, 0.1) is 6.92 Å². The predicted molar refractivity (Wildman–Crippen MR) is 154 cm³/mol. The van der Waals surface area contributed by atoms with Gasteiger partial charge >= 0.3 is 11.9 Å². The van der Waals surface area contributed by atoms with Crippen molar-refractivity contribution in [3.8, 4) is 28.4 Å². The molecular weight excluding hydrogens is 562 g/mol. The standard InChI is InChI=1S/C31H29NO9S/c1-20-15-22(9-14-27(20)41-19-30(34)35)18-32(42(38,39)29-6-4-3-5-28(29)40-2)17-21-7-10-23(11-8-21)24-12-13-26(33)25(16-24)31(36)37/h3-16,33H,17-19H2,1-2H3,(H,34,35)(H,36,37). The lowest BCUT2D eigenvalue weighted by Gasteiger charge is -2.24. The van der Waals surface area contributed by atoms with Gasteiger partial charge in [0.2, 0.25) is 10.0 Å². The number of aromatic carboxylic acids is 1. The third-order valence-electron chi connectivity index (χ3n) is 6.51. The SMILES string of the molecule is COc1ccccc1S(=O)(=O)N(Cc1ccc(-c2ccc(O)c(C(=O)O)c2)cc1)Cc1ccc(OCC(=O)O)c(C)c1. The predicted octanol–water partition coefficient (Wildman–Crippen LogP) is 4.93. The van der Waals surface area contributed by atoms with Crippen LogP contribution in [0.1, 0.15) is 27.0 Å². The fourth-order valence-corrected chi connectivity index (χ4v) is 5.98. The number of sulfonamides is 1. The third-order valence-corrected chi connectivity index (χ3v) is 8.34. The average molecular weight is 592 g/mol. The highest BCUT2D eigenvalue weighted by Gasteiger charge is 2.28. The van der Waals surface area contributed by atoms with Crippen molar-refractivity contribution in [3.05, 3.63) is 107 Å². The van der Waals surface area contributed by atoms with Crippen LogP contribution in [-0.2, 0) is 27.9 Å². The van der Waals surface area contributed by atoms with E-state index in [-0.39, 0.29) is 35.0 Å². The molecule has 42 heavy (non-hydrogen) atoms. The fraction of sp³-hybridized carbons (Fsp3) is 0.161. The number of methoxy groups -OCH3 is 1. The Morgan fingerprint density at radius 2 is 1.45 bits per heavy atom. The van der Waals surface area contributed by atoms with Crippen molar-refractivity contribution in [2.24, 2.45) is 0 Å². The van der Waals surface area contributed by atoms with Crippen molar-refractivity contribution in [2.45, 2.75) is 24.9 Å². The summed E-state index contributed by atoms with van der Waals surface area (Å²) >= 11 is 0. The molecule has 0 atom stereocenters. The number of benzene rings is 4. The highest BCUT2D eigenvalue weighted by molar-refractivity contribution is 7.89. The zero-order chi connectivity index (χ0) is 30.4. The molecule has 0 aliphatic rings. The Hall–Kier alpha value is -4.87. The number of hydrogen-bond donors (Lipinski definition) is 3. The molecule has 4 aromatic rings. The topological polar surface area (TPSA) is 151 Å². The van der Waals surface area contributed by atoms with E-state index in [1.807, 2.05) is 0 Å². The summed E-state index contributed by atoms with van der Waals surface area (Å²) < 4.78 is 39.8. The van der Waals surface area contributed by atoms with Crippen LogP contribution < -0.4 is 9.47 Å². The van der Waals surface area contributed by atoms with Gasteiger partial charge in [0.25, 0.3) is 0 Å². The first-order valence-electron chi connectivity index (χ1n) is 12.7. The number of aromatic hydroxyl groups is 1. The summed E-state index contributed by atoms with van der Waals surface area (Å²) in [6, 6.07) is 22.7. The van der Waals surface area contributed by atoms with Crippen molar-refractivity contribution in [3.63, 3.8) is 0 Å². The van der Waals surface area contributed by atoms with Gasteiger partial charge in [-0.25, -0.2) is 18.0 Å². The molecule has 10 nitrogen and oxygen atoms in total. The van der Waals surface area contributed by atoms with Crippen molar-refractivity contribution < 1.29 is 42.8 Å². The third kappa shape index (κ3) is 6.88. The van der Waals surface area contributed by atoms with E-state index in [2.05, 4.69) is 0 Å². The molecule has 218 valence electrons. The Morgan fingerprint density at radius 1 is 0.810 bits per heavy atom. The van der Waals surface area contributed by atoms with E-state index in [0.717, 1.165) is 0 Å². The molecule has 0 aromatic heterocycles. The Morgan fingerprint density at radius 3 is 2.10 bits per heavy atom. The van der Waals surface area contributed by atoms with E-state index in [1.165, 1.54) is 29.6 Å². The molecule has 0 radical (unpaired) electrons. The van der Waals surface area contributed by atoms with E-state index in [4.69, 9.17) is 14.6 Å². The molecule has 0 aliphatic heterocycles. The Labute approximate surface area is 243 Å². The number of carbonyl (C=O) groups is 2. The summed E-state index contributed by atoms with van der Waals surface area (Å²) in [5, 5.41) is 28.1. The first-order valence-corrected chi connectivity index (χ1v) is 14.2. The monoisotopic (exact) mass is 591 g/mol. The van der Waals surface area contributed by atoms with Gasteiger partial charge < -0.3 is 24.8 Å². The van der Waals surface area contributed by atoms with Crippen molar-refractivity contribution in [1.82, 2.24) is 4.31 Å². The maximum absolute atomic E-state index is 13.9. The van der Waals surface area contributed by atoms with Crippen molar-refractivity contribution in [2.75, 3.05) is 13.7 Å². The molecular formula is C31H29NO9S. The lowest BCUT2D eigenvalue weighted by molar-refractivity contribution is -0.139. The highest BCUT2D eigenvalue weighted by atomic mass is 32.2. The molecule has 0 fully saturated rings. The molecule has 0 unspecified atom stereocenters. The van der Waals surface area contributed by atoms with E-state index in [9.17, 15) is 28.2 Å². The lowest BCUT2D eigenvalue weighted by atomic mass is 10.0. The molecule has 0 bridgehead atoms. The van der Waals surface area contributed by atoms with Crippen LogP contribution in [0.4, 0.5) is 0 Å². The molecule has 0 heterocycles. The second kappa shape index (κ2) is 12.8. The van der Waals surface area contributed by atoms with E-state index >= 15 is 0 Å². The smallest absolute Gasteiger partial charge is 0.341 e. The summed E-state index contributed by atoms with van der Waals surface area (Å²) in [6.45, 7) is 1.26. The quantitative estimate of drug-likeness (QED) is 0.208. The van der Waals surface area contributed by atoms with Gasteiger partial charge in [0.15, 0.2) is 6.61 Å². The molecule has 3 N–H and O–H groups in total. The second-order valence-electron chi connectivity index (χ2n) is 9.44. The normalized spacial score (nSPS) is 11.3. The van der Waals surface area contributed by atoms with Gasteiger partial charge in [0.1, 0.15) is 27.7 Å². The van der Waals surface area contributed by atoms with Crippen molar-refractivity contribution in [1.29, 1.82) is 0 Å². The van der Waals surface area contributed by atoms with Gasteiger partial charge in [-0.05, 0) is 65.1 Å². The summed E-state index contributed by atoms with van der Waals surface area (Å²) in [6.07, 6.45) is 0. The number of nitrogens with zero attached hydrogens (tertiary/aromatic N) is 1. The molecule has 4 rings (SSSR count). The highest BCUT2D eigenvalue weighted by Crippen LogP contribution is 2.31. The van der Waals surface area contributed by atoms with Crippen LogP contribution in [0.15, 0.2) is 89.8 Å². The Balaban J connectivity index is 1.67. The van der Waals surface area contributed by atoms with Gasteiger partial charge in [-0.3, -0.25) is 0 Å². The second-order valence-corrected chi connectivity index (χ2v) is 11.3. The largest absolute Gasteiger partial charge is 0.507 e. The molecule has 0 amide bonds. The van der Waals surface area contributed by atoms with E-state index in [0.29, 0.717) is 33.6 Å². The maximum atomic E-state index is 13.9. The van der Waals surface area contributed by atoms with Crippen LogP contribution in [0.25, 0.3) is 11.1 Å². The van der Waals surface area contributed by atoms with Crippen LogP contribution in [0.2, 0.25) is 0 Å². The number of ether oxygens (including phenoxy) is 2. The van der Waals surface area contributed by atoms with Gasteiger partial charge in [-0.15, -0.1) is 0 Å². The Bertz CT molecular complexity index is 1720. The number of phenols is 1. The average Bonchev–Trinajstić information content (AvgIpc) is 2.96. The number of para-hydroxylation sites is 1. The first-order chi connectivity index (χ1) is 20.0. The zero-order valence-electron chi connectivity index (χ0n) is 22.9. The van der Waals surface area contributed by atoms with Gasteiger partial charge in [-0.2, -0.15) is 4.31 Å². The first kappa shape index (κ1) is 30.1. The zero-order valence-corrected chi connectivity index (χ0v) is 23.7. The number of aryl methyl sites for hydroxylation is 1. The summed E-state index contributed by atoms with van der Waals surface area (Å²) in [4.78, 5) is 22.3. The van der Waals surface area contributed by atoms with E-state index in [1.54, 1.807) is 73.7 Å². The van der Waals surface area contributed by atoms with Crippen LogP contribution >= 0.6 is 0 Å². The molecule has 0 aliphatic carbocycles. The lowest BCUT2D eigenvalue weighted by Crippen LogP contribution is -2.30. The van der Waals surface area contributed by atoms with Crippen molar-refractivity contribution >= 4 is 22.0 Å². The van der Waals surface area contributed by atoms with Gasteiger partial charge in [-0.1, -0.05) is 54.6 Å². The van der Waals surface area contributed by atoms with Gasteiger partial charge in [0, 0.05) is 13.1 Å². The fourth-order valence-electron chi connectivity index (χ4n) is 4.40. The number of carboxylic acid groups (broad SMARTS) is 2. The minimum Gasteiger partial charge on any atom is -0.507 e. The minimum absolute atomic E-state index is 0.00210. The summed E-state index contributed by atoms with van der Waals surface area (Å²) in [5.41, 5.74) is 3.04. The molecule has 0 saturated carbocycles. The number of aliphatic carboxylic acids is 1. The number of hydrogen-bond acceptors (Lipinski definition) is 7. The van der Waals surface area contributed by atoms with Crippen LogP contribution in [0.3, 0.4) is 0 Å². The van der Waals surface area contributed by atoms with Crippen LogP contribution in [0.5, 0.6) is 17.2 Å². The maximum Gasteiger partial charge on any atom is 0.341 e. The molecule has 4 aromatic carbocycles. The summed E-state index contributed by atoms with van der Waals surface area (Å²) in [7, 11) is -2.66. The minimum atomic E-state index is -4.06. The summed E-state index contributed by atoms with van der Waals surface area (Å²) in [5.74, 6) is -2.10. The molecule has 0 saturated heterocycles. The van der Waals surface area contributed by atoms with Gasteiger partial charge in [0.05, 0.1) is 7.11 Å². The van der Waals surface area contributed by atoms with E-state index < -0.39 is 28.6 Å². The van der Waals surface area contributed by atoms with Crippen LogP contribution in [-0.4, -0.2) is 53.7 Å². The number of rotatable bonds is 12.